The summed E-state index contributed by atoms with van der Waals surface area (Å²) in [5, 5.41) is 0.0953. The van der Waals surface area contributed by atoms with E-state index in [9.17, 15) is 22.0 Å². The van der Waals surface area contributed by atoms with E-state index < -0.39 is 29.7 Å². The van der Waals surface area contributed by atoms with Gasteiger partial charge in [-0.25, -0.2) is 0 Å². The van der Waals surface area contributed by atoms with E-state index >= 15 is 0 Å². The summed E-state index contributed by atoms with van der Waals surface area (Å²) in [5.41, 5.74) is -1.79. The lowest BCUT2D eigenvalue weighted by molar-refractivity contribution is -0.137. The lowest BCUT2D eigenvalue weighted by atomic mass is 9.98. The minimum Gasteiger partial charge on any atom is -0.434 e. The van der Waals surface area contributed by atoms with Crippen LogP contribution >= 0.6 is 23.2 Å². The predicted molar refractivity (Wildman–Crippen MR) is 73.5 cm³/mol. The second-order valence-corrected chi connectivity index (χ2v) is 5.02. The van der Waals surface area contributed by atoms with Crippen molar-refractivity contribution < 1.29 is 26.7 Å². The molecule has 0 radical (unpaired) electrons. The minimum absolute atomic E-state index is 0.102. The molecule has 0 aliphatic rings. The third-order valence-corrected chi connectivity index (χ3v) is 3.30. The first-order valence-corrected chi connectivity index (χ1v) is 6.56. The molecular weight excluding hydrogens is 350 g/mol. The number of rotatable bonds is 3. The molecule has 2 rings (SSSR count). The highest BCUT2D eigenvalue weighted by atomic mass is 35.5. The topological polar surface area (TPSA) is 9.23 Å². The first-order chi connectivity index (χ1) is 10.2. The number of ether oxygens (including phenoxy) is 1. The van der Waals surface area contributed by atoms with Crippen molar-refractivity contribution in [2.75, 3.05) is 0 Å². The van der Waals surface area contributed by atoms with Crippen LogP contribution in [-0.2, 0) is 6.18 Å². The largest absolute Gasteiger partial charge is 0.434 e. The van der Waals surface area contributed by atoms with Crippen LogP contribution in [0, 0.1) is 0 Å². The van der Waals surface area contributed by atoms with Crippen molar-refractivity contribution in [2.45, 2.75) is 12.8 Å². The molecule has 8 heteroatoms. The van der Waals surface area contributed by atoms with Crippen molar-refractivity contribution >= 4 is 23.2 Å². The molecule has 0 saturated heterocycles. The van der Waals surface area contributed by atoms with Gasteiger partial charge in [-0.05, 0) is 24.3 Å². The average molecular weight is 357 g/mol. The first kappa shape index (κ1) is 16.8. The molecule has 0 aliphatic carbocycles. The van der Waals surface area contributed by atoms with Crippen LogP contribution in [-0.4, -0.2) is 6.61 Å². The van der Waals surface area contributed by atoms with E-state index in [4.69, 9.17) is 23.2 Å². The highest BCUT2D eigenvalue weighted by Crippen LogP contribution is 2.45. The van der Waals surface area contributed by atoms with Gasteiger partial charge >= 0.3 is 12.8 Å². The molecule has 0 bridgehead atoms. The van der Waals surface area contributed by atoms with Crippen molar-refractivity contribution in [3.63, 3.8) is 0 Å². The Morgan fingerprint density at radius 2 is 1.68 bits per heavy atom. The highest BCUT2D eigenvalue weighted by molar-refractivity contribution is 6.36. The molecule has 0 saturated carbocycles. The molecule has 0 unspecified atom stereocenters. The van der Waals surface area contributed by atoms with Gasteiger partial charge in [0.15, 0.2) is 0 Å². The molecule has 0 spiro atoms. The van der Waals surface area contributed by atoms with Gasteiger partial charge in [-0.15, -0.1) is 0 Å². The molecule has 0 heterocycles. The fraction of sp³-hybridized carbons (Fsp3) is 0.143. The molecule has 0 atom stereocenters. The Labute approximate surface area is 132 Å². The molecule has 1 nitrogen and oxygen atoms in total. The van der Waals surface area contributed by atoms with Crippen molar-refractivity contribution in [3.8, 4) is 16.9 Å². The molecule has 0 fully saturated rings. The fourth-order valence-electron chi connectivity index (χ4n) is 1.93. The zero-order valence-electron chi connectivity index (χ0n) is 10.6. The minimum atomic E-state index is -4.76. The van der Waals surface area contributed by atoms with E-state index in [0.29, 0.717) is 0 Å². The second kappa shape index (κ2) is 6.30. The van der Waals surface area contributed by atoms with Gasteiger partial charge in [0.1, 0.15) is 5.75 Å². The van der Waals surface area contributed by atoms with Crippen LogP contribution in [0.15, 0.2) is 36.4 Å². The molecular formula is C14H7Cl2F5O. The van der Waals surface area contributed by atoms with Crippen LogP contribution in [0.3, 0.4) is 0 Å². The first-order valence-electron chi connectivity index (χ1n) is 5.80. The van der Waals surface area contributed by atoms with E-state index in [1.807, 2.05) is 0 Å². The van der Waals surface area contributed by atoms with Crippen LogP contribution in [0.2, 0.25) is 10.0 Å². The smallest absolute Gasteiger partial charge is 0.417 e. The Kier molecular flexibility index (Phi) is 4.82. The number of benzene rings is 2. The Morgan fingerprint density at radius 3 is 2.23 bits per heavy atom. The maximum atomic E-state index is 13.2. The number of hydrogen-bond acceptors (Lipinski definition) is 1. The third kappa shape index (κ3) is 3.62. The molecule has 22 heavy (non-hydrogen) atoms. The third-order valence-electron chi connectivity index (χ3n) is 2.75. The zero-order valence-corrected chi connectivity index (χ0v) is 12.1. The van der Waals surface area contributed by atoms with Crippen LogP contribution < -0.4 is 4.74 Å². The Bertz CT molecular complexity index is 685. The van der Waals surface area contributed by atoms with Crippen molar-refractivity contribution in [1.29, 1.82) is 0 Å². The van der Waals surface area contributed by atoms with Crippen molar-refractivity contribution in [2.24, 2.45) is 0 Å². The maximum Gasteiger partial charge on any atom is 0.417 e. The van der Waals surface area contributed by atoms with Gasteiger partial charge in [-0.3, -0.25) is 0 Å². The number of hydrogen-bond donors (Lipinski definition) is 0. The normalized spacial score (nSPS) is 11.8. The summed E-state index contributed by atoms with van der Waals surface area (Å²) in [7, 11) is 0. The zero-order chi connectivity index (χ0) is 16.5. The summed E-state index contributed by atoms with van der Waals surface area (Å²) in [4.78, 5) is 0. The number of alkyl halides is 5. The summed E-state index contributed by atoms with van der Waals surface area (Å²) in [6.45, 7) is -3.27. The monoisotopic (exact) mass is 356 g/mol. The molecule has 2 aromatic rings. The van der Waals surface area contributed by atoms with Gasteiger partial charge in [0.25, 0.3) is 0 Å². The van der Waals surface area contributed by atoms with Crippen LogP contribution in [0.5, 0.6) is 5.75 Å². The molecule has 0 aliphatic heterocycles. The van der Waals surface area contributed by atoms with E-state index in [2.05, 4.69) is 4.74 Å². The van der Waals surface area contributed by atoms with Crippen LogP contribution in [0.4, 0.5) is 22.0 Å². The van der Waals surface area contributed by atoms with Crippen molar-refractivity contribution in [3.05, 3.63) is 52.0 Å². The van der Waals surface area contributed by atoms with E-state index in [1.54, 1.807) is 0 Å². The quantitative estimate of drug-likeness (QED) is 0.588. The van der Waals surface area contributed by atoms with Crippen molar-refractivity contribution in [1.82, 2.24) is 0 Å². The Balaban J connectivity index is 2.74. The maximum absolute atomic E-state index is 13.2. The second-order valence-electron chi connectivity index (χ2n) is 4.18. The molecule has 0 N–H and O–H groups in total. The summed E-state index contributed by atoms with van der Waals surface area (Å²) in [6, 6.07) is 6.50. The molecule has 2 aromatic carbocycles. The fourth-order valence-corrected chi connectivity index (χ4v) is 2.43. The van der Waals surface area contributed by atoms with Gasteiger partial charge in [0.05, 0.1) is 10.6 Å². The number of halogens is 7. The molecule has 0 amide bonds. The van der Waals surface area contributed by atoms with Gasteiger partial charge in [-0.2, -0.15) is 22.0 Å². The van der Waals surface area contributed by atoms with Gasteiger partial charge < -0.3 is 4.74 Å². The molecule has 118 valence electrons. The summed E-state index contributed by atoms with van der Waals surface area (Å²) < 4.78 is 68.5. The molecule has 0 aromatic heterocycles. The van der Waals surface area contributed by atoms with Crippen LogP contribution in [0.1, 0.15) is 5.56 Å². The Morgan fingerprint density at radius 1 is 1.00 bits per heavy atom. The van der Waals surface area contributed by atoms with Crippen LogP contribution in [0.25, 0.3) is 11.1 Å². The standard InChI is InChI=1S/C14H7Cl2F5O/c15-7-4-5-8(10(16)6-7)12-9(14(19,20)21)2-1-3-11(12)22-13(17)18/h1-6,13H. The summed E-state index contributed by atoms with van der Waals surface area (Å²) in [6.07, 6.45) is -4.76. The summed E-state index contributed by atoms with van der Waals surface area (Å²) >= 11 is 11.6. The SMILES string of the molecule is FC(F)Oc1cccc(C(F)(F)F)c1-c1ccc(Cl)cc1Cl. The summed E-state index contributed by atoms with van der Waals surface area (Å²) in [5.74, 6) is -0.617. The van der Waals surface area contributed by atoms with Gasteiger partial charge in [0, 0.05) is 16.1 Å². The Hall–Kier alpha value is -1.53. The van der Waals surface area contributed by atoms with Gasteiger partial charge in [-0.1, -0.05) is 35.3 Å². The van der Waals surface area contributed by atoms with E-state index in [1.165, 1.54) is 18.2 Å². The van der Waals surface area contributed by atoms with E-state index in [-0.39, 0.29) is 15.6 Å². The van der Waals surface area contributed by atoms with Gasteiger partial charge in [0.2, 0.25) is 0 Å². The predicted octanol–water partition coefficient (Wildman–Crippen LogP) is 6.28. The van der Waals surface area contributed by atoms with E-state index in [0.717, 1.165) is 18.2 Å². The average Bonchev–Trinajstić information content (AvgIpc) is 2.37. The lowest BCUT2D eigenvalue weighted by Crippen LogP contribution is -2.10. The highest BCUT2D eigenvalue weighted by Gasteiger charge is 2.36. The lowest BCUT2D eigenvalue weighted by Gasteiger charge is -2.18.